The van der Waals surface area contributed by atoms with Crippen molar-refractivity contribution in [2.75, 3.05) is 65.0 Å². The van der Waals surface area contributed by atoms with Crippen LogP contribution in [0.25, 0.3) is 0 Å². The van der Waals surface area contributed by atoms with Crippen LogP contribution in [0.15, 0.2) is 17.6 Å². The van der Waals surface area contributed by atoms with Crippen LogP contribution in [0.1, 0.15) is 32.1 Å². The third-order valence-electron chi connectivity index (χ3n) is 5.32. The largest absolute Gasteiger partial charge is 0.379 e. The van der Waals surface area contributed by atoms with Gasteiger partial charge in [-0.3, -0.25) is 9.89 Å². The van der Waals surface area contributed by atoms with Crippen LogP contribution in [-0.2, 0) is 4.74 Å². The minimum Gasteiger partial charge on any atom is -0.379 e. The van der Waals surface area contributed by atoms with Crippen LogP contribution in [-0.4, -0.2) is 86.3 Å². The topological polar surface area (TPSA) is 40.1 Å². The maximum Gasteiger partial charge on any atom is 0.193 e. The Balaban J connectivity index is 0.00000338. The average molecular weight is 497 g/mol. The van der Waals surface area contributed by atoms with Gasteiger partial charge in [-0.25, -0.2) is 0 Å². The number of allylic oxidation sites excluding steroid dienone is 1. The Morgan fingerprint density at radius 3 is 2.73 bits per heavy atom. The lowest BCUT2D eigenvalue weighted by Crippen LogP contribution is -2.60. The molecule has 0 aromatic heterocycles. The lowest BCUT2D eigenvalue weighted by Gasteiger charge is -2.43. The number of halogens is 1. The maximum absolute atomic E-state index is 5.55. The number of nitrogens with zero attached hydrogens (tertiary/aromatic N) is 3. The Hall–Kier alpha value is 0.01000. The van der Waals surface area contributed by atoms with E-state index in [1.807, 2.05) is 13.1 Å². The van der Waals surface area contributed by atoms with Crippen molar-refractivity contribution < 1.29 is 4.74 Å². The minimum atomic E-state index is 0. The predicted octanol–water partition coefficient (Wildman–Crippen LogP) is 3.07. The van der Waals surface area contributed by atoms with Gasteiger partial charge in [-0.1, -0.05) is 12.5 Å². The molecule has 7 heteroatoms. The van der Waals surface area contributed by atoms with Crippen molar-refractivity contribution in [1.82, 2.24) is 15.1 Å². The lowest BCUT2D eigenvalue weighted by atomic mass is 9.95. The van der Waals surface area contributed by atoms with Gasteiger partial charge in [0.05, 0.1) is 13.2 Å². The third-order valence-corrected chi connectivity index (χ3v) is 6.55. The maximum atomic E-state index is 5.55. The average Bonchev–Trinajstić information content (AvgIpc) is 3.13. The normalized spacial score (nSPS) is 24.2. The van der Waals surface area contributed by atoms with Crippen molar-refractivity contribution in [2.45, 2.75) is 37.6 Å². The third kappa shape index (κ3) is 7.20. The molecule has 0 aromatic carbocycles. The summed E-state index contributed by atoms with van der Waals surface area (Å²) in [5.74, 6) is 3.49. The zero-order valence-electron chi connectivity index (χ0n) is 16.5. The Bertz CT molecular complexity index is 424. The molecule has 1 unspecified atom stereocenters. The molecule has 0 bridgehead atoms. The van der Waals surface area contributed by atoms with Gasteiger partial charge in [0.2, 0.25) is 0 Å². The summed E-state index contributed by atoms with van der Waals surface area (Å²) >= 11 is 2.08. The first kappa shape index (κ1) is 24.0. The molecule has 0 amide bonds. The van der Waals surface area contributed by atoms with E-state index in [9.17, 15) is 0 Å². The summed E-state index contributed by atoms with van der Waals surface area (Å²) in [6.45, 7) is 9.66. The summed E-state index contributed by atoms with van der Waals surface area (Å²) < 4.78 is 5.55. The van der Waals surface area contributed by atoms with E-state index < -0.39 is 0 Å². The molecule has 2 fully saturated rings. The number of nitrogens with one attached hydrogen (secondary N) is 1. The first-order valence-corrected chi connectivity index (χ1v) is 10.8. The van der Waals surface area contributed by atoms with E-state index in [0.717, 1.165) is 51.8 Å². The van der Waals surface area contributed by atoms with Gasteiger partial charge >= 0.3 is 0 Å². The fourth-order valence-corrected chi connectivity index (χ4v) is 5.16. The molecule has 1 N–H and O–H groups in total. The number of aliphatic imine (C=N–C) groups is 1. The van der Waals surface area contributed by atoms with Gasteiger partial charge in [0, 0.05) is 51.6 Å². The fraction of sp³-hybridized carbons (Fsp3) is 0.842. The Morgan fingerprint density at radius 2 is 2.12 bits per heavy atom. The van der Waals surface area contributed by atoms with Crippen LogP contribution in [0.4, 0.5) is 0 Å². The van der Waals surface area contributed by atoms with Crippen LogP contribution in [0, 0.1) is 0 Å². The fourth-order valence-electron chi connectivity index (χ4n) is 3.68. The molecule has 2 aliphatic rings. The van der Waals surface area contributed by atoms with Crippen LogP contribution < -0.4 is 5.32 Å². The van der Waals surface area contributed by atoms with Crippen molar-refractivity contribution in [3.05, 3.63) is 12.7 Å². The summed E-state index contributed by atoms with van der Waals surface area (Å²) in [5, 5.41) is 3.67. The second-order valence-electron chi connectivity index (χ2n) is 7.09. The molecule has 2 heterocycles. The number of hydrogen-bond donors (Lipinski definition) is 1. The quantitative estimate of drug-likeness (QED) is 0.175. The molecular weight excluding hydrogens is 459 g/mol. The van der Waals surface area contributed by atoms with E-state index in [2.05, 4.69) is 45.5 Å². The van der Waals surface area contributed by atoms with Crippen molar-refractivity contribution in [3.63, 3.8) is 0 Å². The number of hydrogen-bond acceptors (Lipinski definition) is 4. The van der Waals surface area contributed by atoms with Crippen LogP contribution in [0.2, 0.25) is 0 Å². The second-order valence-corrected chi connectivity index (χ2v) is 8.19. The number of morpholine rings is 1. The molecule has 2 aliphatic heterocycles. The molecule has 152 valence electrons. The molecule has 2 rings (SSSR count). The Labute approximate surface area is 181 Å². The van der Waals surface area contributed by atoms with E-state index in [1.54, 1.807) is 0 Å². The molecule has 0 spiro atoms. The summed E-state index contributed by atoms with van der Waals surface area (Å²) in [6.07, 6.45) is 8.08. The Kier molecular flexibility index (Phi) is 12.2. The Morgan fingerprint density at radius 1 is 1.35 bits per heavy atom. The zero-order valence-corrected chi connectivity index (χ0v) is 19.7. The minimum absolute atomic E-state index is 0. The smallest absolute Gasteiger partial charge is 0.193 e. The van der Waals surface area contributed by atoms with E-state index in [4.69, 9.17) is 4.74 Å². The number of rotatable bonds is 9. The summed E-state index contributed by atoms with van der Waals surface area (Å²) in [6, 6.07) is 0. The van der Waals surface area contributed by atoms with Crippen LogP contribution in [0.5, 0.6) is 0 Å². The lowest BCUT2D eigenvalue weighted by molar-refractivity contribution is -0.0121. The van der Waals surface area contributed by atoms with Crippen LogP contribution >= 0.6 is 35.7 Å². The number of thioether (sulfide) groups is 1. The van der Waals surface area contributed by atoms with Gasteiger partial charge in [-0.2, -0.15) is 11.8 Å². The monoisotopic (exact) mass is 496 g/mol. The van der Waals surface area contributed by atoms with Crippen molar-refractivity contribution in [1.29, 1.82) is 0 Å². The molecule has 5 nitrogen and oxygen atoms in total. The number of ether oxygens (including phenoxy) is 1. The standard InChI is InChI=1S/C19H36N4OS.HI/c1-4-5-6-7-8-10-22(3)18(20-2)21-16-19(9-15-25-17-19)23-11-13-24-14-12-23;/h4H,1,5-17H2,2-3H3,(H,20,21);1H. The van der Waals surface area contributed by atoms with Gasteiger partial charge < -0.3 is 15.0 Å². The SMILES string of the molecule is C=CCCCCCN(C)C(=NC)NCC1(N2CCOCC2)CCSC1.I. The second kappa shape index (κ2) is 13.2. The van der Waals surface area contributed by atoms with Crippen LogP contribution in [0.3, 0.4) is 0 Å². The molecular formula is C19H37IN4OS. The highest BCUT2D eigenvalue weighted by Gasteiger charge is 2.40. The molecule has 0 radical (unpaired) electrons. The van der Waals surface area contributed by atoms with Crippen molar-refractivity contribution in [3.8, 4) is 0 Å². The van der Waals surface area contributed by atoms with Crippen molar-refractivity contribution in [2.24, 2.45) is 4.99 Å². The highest BCUT2D eigenvalue weighted by Crippen LogP contribution is 2.33. The van der Waals surface area contributed by atoms with E-state index in [-0.39, 0.29) is 29.5 Å². The molecule has 26 heavy (non-hydrogen) atoms. The van der Waals surface area contributed by atoms with Crippen molar-refractivity contribution >= 4 is 41.7 Å². The van der Waals surface area contributed by atoms with Gasteiger partial charge in [0.25, 0.3) is 0 Å². The molecule has 0 saturated carbocycles. The van der Waals surface area contributed by atoms with Gasteiger partial charge in [-0.15, -0.1) is 30.6 Å². The zero-order chi connectivity index (χ0) is 18.0. The first-order chi connectivity index (χ1) is 12.2. The summed E-state index contributed by atoms with van der Waals surface area (Å²) in [4.78, 5) is 9.42. The summed E-state index contributed by atoms with van der Waals surface area (Å²) in [7, 11) is 4.04. The predicted molar refractivity (Wildman–Crippen MR) is 125 cm³/mol. The molecule has 0 aliphatic carbocycles. The van der Waals surface area contributed by atoms with Gasteiger partial charge in [0.1, 0.15) is 0 Å². The highest BCUT2D eigenvalue weighted by molar-refractivity contribution is 14.0. The van der Waals surface area contributed by atoms with Gasteiger partial charge in [-0.05, 0) is 31.4 Å². The van der Waals surface area contributed by atoms with E-state index >= 15 is 0 Å². The summed E-state index contributed by atoms with van der Waals surface area (Å²) in [5.41, 5.74) is 0.259. The first-order valence-electron chi connectivity index (χ1n) is 9.65. The highest BCUT2D eigenvalue weighted by atomic mass is 127. The molecule has 1 atom stereocenters. The number of guanidine groups is 1. The van der Waals surface area contributed by atoms with E-state index in [0.29, 0.717) is 0 Å². The number of unbranched alkanes of at least 4 members (excludes halogenated alkanes) is 3. The molecule has 2 saturated heterocycles. The van der Waals surface area contributed by atoms with E-state index in [1.165, 1.54) is 37.2 Å². The molecule has 0 aromatic rings. The van der Waals surface area contributed by atoms with Gasteiger partial charge in [0.15, 0.2) is 5.96 Å².